The zero-order valence-electron chi connectivity index (χ0n) is 37.5. The lowest BCUT2D eigenvalue weighted by molar-refractivity contribution is 0.0726. The lowest BCUT2D eigenvalue weighted by Crippen LogP contribution is -2.35. The Morgan fingerprint density at radius 2 is 1.14 bits per heavy atom. The summed E-state index contributed by atoms with van der Waals surface area (Å²) in [5.74, 6) is 1.54. The van der Waals surface area contributed by atoms with Crippen LogP contribution in [0.5, 0.6) is 28.7 Å². The fraction of sp³-hybridized carbons (Fsp3) is 0.308. The van der Waals surface area contributed by atoms with Crippen molar-refractivity contribution in [1.29, 1.82) is 0 Å². The lowest BCUT2D eigenvalue weighted by Gasteiger charge is -2.23. The largest absolute Gasteiger partial charge is 0.494 e. The number of halogens is 1. The van der Waals surface area contributed by atoms with Crippen molar-refractivity contribution in [2.45, 2.75) is 64.6 Å². The third kappa shape index (κ3) is 11.2. The number of carbonyl (C=O) groups excluding carboxylic acids is 2. The van der Waals surface area contributed by atoms with E-state index in [4.69, 9.17) is 46.8 Å². The van der Waals surface area contributed by atoms with Crippen LogP contribution in [0.3, 0.4) is 0 Å². The van der Waals surface area contributed by atoms with Crippen molar-refractivity contribution < 1.29 is 43.5 Å². The van der Waals surface area contributed by atoms with Crippen LogP contribution in [-0.2, 0) is 6.61 Å². The second kappa shape index (κ2) is 22.0. The summed E-state index contributed by atoms with van der Waals surface area (Å²) in [6.45, 7) is 4.94. The fourth-order valence-corrected chi connectivity index (χ4v) is 8.11. The summed E-state index contributed by atoms with van der Waals surface area (Å²) in [5.41, 5.74) is 19.7. The minimum absolute atomic E-state index is 0.184. The molecule has 0 unspecified atom stereocenters. The van der Waals surface area contributed by atoms with E-state index in [0.29, 0.717) is 73.5 Å². The van der Waals surface area contributed by atoms with Crippen molar-refractivity contribution >= 4 is 45.9 Å². The zero-order valence-corrected chi connectivity index (χ0v) is 38.3. The van der Waals surface area contributed by atoms with Crippen molar-refractivity contribution in [3.63, 3.8) is 0 Å². The molecule has 5 aromatic rings. The molecule has 66 heavy (non-hydrogen) atoms. The Morgan fingerprint density at radius 3 is 1.64 bits per heavy atom. The van der Waals surface area contributed by atoms with Crippen LogP contribution in [0.4, 0.5) is 11.4 Å². The first-order valence-corrected chi connectivity index (χ1v) is 22.5. The highest BCUT2D eigenvalue weighted by Crippen LogP contribution is 2.39. The normalized spacial score (nSPS) is 15.6. The summed E-state index contributed by atoms with van der Waals surface area (Å²) < 4.78 is 29.8. The van der Waals surface area contributed by atoms with Crippen LogP contribution in [0.1, 0.15) is 82.0 Å². The number of unbranched alkanes of at least 4 members (excludes halogenated alkanes) is 2. The summed E-state index contributed by atoms with van der Waals surface area (Å²) >= 11 is 6.12. The van der Waals surface area contributed by atoms with Crippen molar-refractivity contribution in [2.24, 2.45) is 0 Å². The highest BCUT2D eigenvalue weighted by atomic mass is 35.5. The summed E-state index contributed by atoms with van der Waals surface area (Å²) in [7, 11) is 1.50. The van der Waals surface area contributed by atoms with Crippen molar-refractivity contribution in [3.05, 3.63) is 148 Å². The second-order valence-electron chi connectivity index (χ2n) is 16.3. The number of ether oxygens (including phenoxy) is 5. The molecule has 0 spiro atoms. The van der Waals surface area contributed by atoms with E-state index in [-0.39, 0.29) is 54.1 Å². The smallest absolute Gasteiger partial charge is 0.260 e. The molecule has 0 bridgehead atoms. The zero-order chi connectivity index (χ0) is 46.7. The molecule has 7 rings (SSSR count). The van der Waals surface area contributed by atoms with Gasteiger partial charge in [0.2, 0.25) is 0 Å². The van der Waals surface area contributed by atoms with Gasteiger partial charge in [-0.1, -0.05) is 65.7 Å². The van der Waals surface area contributed by atoms with Gasteiger partial charge in [-0.05, 0) is 110 Å². The minimum atomic E-state index is -0.476. The number of nitrogen functional groups attached to an aromatic ring is 2. The van der Waals surface area contributed by atoms with Gasteiger partial charge < -0.3 is 55.2 Å². The van der Waals surface area contributed by atoms with Crippen LogP contribution in [0, 0.1) is 6.92 Å². The van der Waals surface area contributed by atoms with Crippen LogP contribution < -0.4 is 35.2 Å². The number of anilines is 2. The average Bonchev–Trinajstić information content (AvgIpc) is 3.97. The van der Waals surface area contributed by atoms with E-state index >= 15 is 0 Å². The van der Waals surface area contributed by atoms with E-state index in [2.05, 4.69) is 0 Å². The Labute approximate surface area is 390 Å². The van der Waals surface area contributed by atoms with Crippen molar-refractivity contribution in [1.82, 2.24) is 9.80 Å². The maximum absolute atomic E-state index is 14.1. The number of methoxy groups -OCH3 is 1. The van der Waals surface area contributed by atoms with Crippen molar-refractivity contribution in [2.75, 3.05) is 51.6 Å². The minimum Gasteiger partial charge on any atom is -0.494 e. The monoisotopic (exact) mass is 916 g/mol. The van der Waals surface area contributed by atoms with Crippen LogP contribution in [0.15, 0.2) is 109 Å². The molecule has 2 amide bonds. The summed E-state index contributed by atoms with van der Waals surface area (Å²) in [5, 5.41) is 21.1. The predicted molar refractivity (Wildman–Crippen MR) is 257 cm³/mol. The van der Waals surface area contributed by atoms with Gasteiger partial charge in [0.25, 0.3) is 11.8 Å². The lowest BCUT2D eigenvalue weighted by atomic mass is 10.0. The first-order chi connectivity index (χ1) is 32.0. The van der Waals surface area contributed by atoms with Gasteiger partial charge in [-0.2, -0.15) is 0 Å². The molecule has 0 fully saturated rings. The summed E-state index contributed by atoms with van der Waals surface area (Å²) in [6.07, 6.45) is 6.63. The number of benzene rings is 5. The fourth-order valence-electron chi connectivity index (χ4n) is 7.98. The Bertz CT molecular complexity index is 2550. The Hall–Kier alpha value is -6.67. The van der Waals surface area contributed by atoms with E-state index in [1.165, 1.54) is 12.0 Å². The average molecular weight is 917 g/mol. The third-order valence-electron chi connectivity index (χ3n) is 11.7. The molecule has 2 heterocycles. The van der Waals surface area contributed by atoms with Gasteiger partial charge in [0.1, 0.15) is 12.4 Å². The molecule has 0 aromatic heterocycles. The Balaban J connectivity index is 0.973. The molecule has 14 heteroatoms. The van der Waals surface area contributed by atoms with Crippen LogP contribution in [-0.4, -0.2) is 84.1 Å². The maximum atomic E-state index is 14.1. The van der Waals surface area contributed by atoms with Gasteiger partial charge in [0, 0.05) is 40.9 Å². The Morgan fingerprint density at radius 1 is 0.652 bits per heavy atom. The first-order valence-electron chi connectivity index (χ1n) is 22.1. The molecule has 2 aliphatic heterocycles. The Kier molecular flexibility index (Phi) is 15.8. The number of hydrogen-bond donors (Lipinski definition) is 4. The van der Waals surface area contributed by atoms with Gasteiger partial charge in [-0.15, -0.1) is 0 Å². The highest BCUT2D eigenvalue weighted by Gasteiger charge is 2.33. The number of rotatable bonds is 20. The van der Waals surface area contributed by atoms with Crippen molar-refractivity contribution in [3.8, 4) is 28.7 Å². The molecule has 6 N–H and O–H groups in total. The van der Waals surface area contributed by atoms with E-state index in [1.807, 2.05) is 74.5 Å². The quantitative estimate of drug-likeness (QED) is 0.0433. The highest BCUT2D eigenvalue weighted by molar-refractivity contribution is 6.30. The van der Waals surface area contributed by atoms with Gasteiger partial charge in [-0.25, -0.2) is 0 Å². The number of aliphatic hydroxyl groups is 2. The number of nitrogens with two attached hydrogens (primary N) is 2. The van der Waals surface area contributed by atoms with E-state index in [1.54, 1.807) is 53.7 Å². The molecule has 0 radical (unpaired) electrons. The number of carbonyl (C=O) groups is 2. The summed E-state index contributed by atoms with van der Waals surface area (Å²) in [4.78, 5) is 31.0. The standard InChI is InChI=1S/C52H57ClN4O9/c1-4-63-42-18-14-36(15-19-42)38-23-41(31-59)57(29-38)52(61)44-25-48(66-32-34-10-16-39(53)17-11-34)50(27-46(44)55)65-21-7-5-6-20-64-49-26-45(54)43(24-47(49)62-3)51(60)56-28-37(22-40(56)30-58)35-12-8-33(2)9-13-35/h8-19,24-29,40-41,58-59H,4-7,20-23,30-32,54-55H2,1-3H3/t40-,41-/m0/s1. The number of amides is 2. The molecule has 5 aromatic carbocycles. The molecule has 0 saturated heterocycles. The molecule has 0 aliphatic carbocycles. The van der Waals surface area contributed by atoms with Gasteiger partial charge in [0.15, 0.2) is 23.0 Å². The predicted octanol–water partition coefficient (Wildman–Crippen LogP) is 8.92. The van der Waals surface area contributed by atoms with E-state index in [0.717, 1.165) is 45.6 Å². The second-order valence-corrected chi connectivity index (χ2v) is 16.7. The molecule has 346 valence electrons. The van der Waals surface area contributed by atoms with Gasteiger partial charge in [-0.3, -0.25) is 9.59 Å². The molecule has 13 nitrogen and oxygen atoms in total. The maximum Gasteiger partial charge on any atom is 0.260 e. The molecule has 2 aliphatic rings. The van der Waals surface area contributed by atoms with Crippen LogP contribution in [0.25, 0.3) is 11.1 Å². The first kappa shape index (κ1) is 47.3. The number of aliphatic hydroxyl groups excluding tert-OH is 2. The van der Waals surface area contributed by atoms with Gasteiger partial charge in [0.05, 0.1) is 63.4 Å². The van der Waals surface area contributed by atoms with Crippen LogP contribution in [0.2, 0.25) is 5.02 Å². The van der Waals surface area contributed by atoms with E-state index < -0.39 is 12.1 Å². The number of aryl methyl sites for hydroxylation is 1. The van der Waals surface area contributed by atoms with E-state index in [9.17, 15) is 19.8 Å². The molecule has 0 saturated carbocycles. The van der Waals surface area contributed by atoms with Crippen LogP contribution >= 0.6 is 11.6 Å². The number of hydrogen-bond acceptors (Lipinski definition) is 11. The topological polar surface area (TPSA) is 179 Å². The van der Waals surface area contributed by atoms with Gasteiger partial charge >= 0.3 is 0 Å². The number of nitrogens with zero attached hydrogens (tertiary/aromatic N) is 2. The SMILES string of the molecule is CCOc1ccc(C2=CN(C(=O)c3cc(OCc4ccc(Cl)cc4)c(OCCCCCOc4cc(N)c(C(=O)N5C=C(c6ccc(C)cc6)C[C@H]5CO)cc4OC)cc3N)[C@H](CO)C2)cc1. The molecule has 2 atom stereocenters. The summed E-state index contributed by atoms with van der Waals surface area (Å²) in [6, 6.07) is 28.5. The third-order valence-corrected chi connectivity index (χ3v) is 11.9. The molecular formula is C52H57ClN4O9. The molecular weight excluding hydrogens is 860 g/mol.